The molecular weight excluding hydrogens is 244 g/mol. The minimum atomic E-state index is -0.383. The maximum atomic E-state index is 11.1. The Labute approximate surface area is 113 Å². The van der Waals surface area contributed by atoms with Gasteiger partial charge >= 0.3 is 0 Å². The van der Waals surface area contributed by atoms with E-state index < -0.39 is 0 Å². The molecule has 0 spiro atoms. The number of ether oxygens (including phenoxy) is 1. The molecule has 1 aromatic rings. The molecule has 0 saturated carbocycles. The zero-order valence-electron chi connectivity index (χ0n) is 11.7. The van der Waals surface area contributed by atoms with Crippen LogP contribution in [0, 0.1) is 27.9 Å². The van der Waals surface area contributed by atoms with Gasteiger partial charge in [-0.3, -0.25) is 15.1 Å². The highest BCUT2D eigenvalue weighted by atomic mass is 16.6. The van der Waals surface area contributed by atoms with E-state index in [1.165, 1.54) is 6.20 Å². The van der Waals surface area contributed by atoms with Gasteiger partial charge in [0.15, 0.2) is 0 Å². The Morgan fingerprint density at radius 2 is 1.89 bits per heavy atom. The van der Waals surface area contributed by atoms with Crippen LogP contribution in [0.15, 0.2) is 18.5 Å². The topological polar surface area (TPSA) is 65.3 Å². The molecule has 0 unspecified atom stereocenters. The first-order chi connectivity index (χ1) is 8.93. The molecule has 1 aliphatic heterocycles. The van der Waals surface area contributed by atoms with Crippen molar-refractivity contribution in [2.75, 3.05) is 0 Å². The van der Waals surface area contributed by atoms with E-state index in [0.29, 0.717) is 17.4 Å². The molecule has 0 radical (unpaired) electrons. The maximum absolute atomic E-state index is 11.1. The molecule has 1 aromatic heterocycles. The van der Waals surface area contributed by atoms with E-state index in [1.807, 2.05) is 6.92 Å². The van der Waals surface area contributed by atoms with Crippen molar-refractivity contribution in [3.05, 3.63) is 34.1 Å². The molecule has 0 N–H and O–H groups in total. The van der Waals surface area contributed by atoms with Crippen LogP contribution >= 0.6 is 0 Å². The van der Waals surface area contributed by atoms with Gasteiger partial charge in [-0.05, 0) is 30.7 Å². The molecule has 0 aromatic carbocycles. The molecule has 2 heterocycles. The summed E-state index contributed by atoms with van der Waals surface area (Å²) in [5.41, 5.74) is 0.686. The van der Waals surface area contributed by atoms with Crippen LogP contribution in [0.2, 0.25) is 0 Å². The van der Waals surface area contributed by atoms with Gasteiger partial charge in [0.2, 0.25) is 0 Å². The first-order valence-corrected chi connectivity index (χ1v) is 6.67. The number of rotatable bonds is 2. The summed E-state index contributed by atoms with van der Waals surface area (Å²) in [7, 11) is 0. The van der Waals surface area contributed by atoms with Crippen molar-refractivity contribution in [2.45, 2.75) is 39.9 Å². The molecule has 0 amide bonds. The third-order valence-corrected chi connectivity index (χ3v) is 4.57. The zero-order chi connectivity index (χ0) is 14.2. The van der Waals surface area contributed by atoms with E-state index >= 15 is 0 Å². The number of hydrogen-bond acceptors (Lipinski definition) is 4. The third-order valence-electron chi connectivity index (χ3n) is 4.57. The van der Waals surface area contributed by atoms with E-state index in [-0.39, 0.29) is 28.7 Å². The summed E-state index contributed by atoms with van der Waals surface area (Å²) >= 11 is 0. The van der Waals surface area contributed by atoms with Gasteiger partial charge in [-0.25, -0.2) is 0 Å². The zero-order valence-corrected chi connectivity index (χ0v) is 11.7. The monoisotopic (exact) mass is 264 g/mol. The second-order valence-electron chi connectivity index (χ2n) is 5.53. The number of pyridine rings is 1. The number of nitro groups is 1. The SMILES string of the molecule is C[C@H]1[C@H](C)[C@@H](C)O[C@@H](c2ccncc2[N+](=O)[O-])[C@H]1C. The van der Waals surface area contributed by atoms with Crippen LogP contribution < -0.4 is 0 Å². The van der Waals surface area contributed by atoms with Gasteiger partial charge in [0, 0.05) is 6.20 Å². The predicted molar refractivity (Wildman–Crippen MR) is 71.7 cm³/mol. The van der Waals surface area contributed by atoms with Gasteiger partial charge in [0.1, 0.15) is 6.20 Å². The summed E-state index contributed by atoms with van der Waals surface area (Å²) < 4.78 is 6.03. The molecule has 2 rings (SSSR count). The molecule has 1 aliphatic rings. The Kier molecular flexibility index (Phi) is 3.85. The van der Waals surface area contributed by atoms with Crippen molar-refractivity contribution in [3.63, 3.8) is 0 Å². The largest absolute Gasteiger partial charge is 0.370 e. The Hall–Kier alpha value is -1.49. The smallest absolute Gasteiger partial charge is 0.293 e. The second-order valence-corrected chi connectivity index (χ2v) is 5.53. The van der Waals surface area contributed by atoms with Crippen molar-refractivity contribution >= 4 is 5.69 Å². The van der Waals surface area contributed by atoms with Crippen LogP contribution in [0.3, 0.4) is 0 Å². The first-order valence-electron chi connectivity index (χ1n) is 6.67. The van der Waals surface area contributed by atoms with Crippen LogP contribution in [0.5, 0.6) is 0 Å². The molecule has 5 heteroatoms. The van der Waals surface area contributed by atoms with Crippen molar-refractivity contribution < 1.29 is 9.66 Å². The first kappa shape index (κ1) is 13.9. The Morgan fingerprint density at radius 3 is 2.53 bits per heavy atom. The number of nitrogens with zero attached hydrogens (tertiary/aromatic N) is 2. The van der Waals surface area contributed by atoms with E-state index in [1.54, 1.807) is 12.3 Å². The molecule has 5 nitrogen and oxygen atoms in total. The number of aromatic nitrogens is 1. The molecule has 19 heavy (non-hydrogen) atoms. The minimum Gasteiger partial charge on any atom is -0.370 e. The van der Waals surface area contributed by atoms with Gasteiger partial charge in [-0.1, -0.05) is 20.8 Å². The fraction of sp³-hybridized carbons (Fsp3) is 0.643. The van der Waals surface area contributed by atoms with Crippen molar-refractivity contribution in [3.8, 4) is 0 Å². The predicted octanol–water partition coefficient (Wildman–Crippen LogP) is 3.36. The van der Waals surface area contributed by atoms with E-state index in [9.17, 15) is 10.1 Å². The molecule has 1 fully saturated rings. The van der Waals surface area contributed by atoms with Gasteiger partial charge < -0.3 is 4.74 Å². The highest BCUT2D eigenvalue weighted by Gasteiger charge is 2.40. The second kappa shape index (κ2) is 5.25. The molecule has 0 aliphatic carbocycles. The lowest BCUT2D eigenvalue weighted by molar-refractivity contribution is -0.387. The average Bonchev–Trinajstić information content (AvgIpc) is 2.40. The summed E-state index contributed by atoms with van der Waals surface area (Å²) in [4.78, 5) is 14.6. The van der Waals surface area contributed by atoms with Gasteiger partial charge in [0.05, 0.1) is 22.7 Å². The number of hydrogen-bond donors (Lipinski definition) is 0. The van der Waals surface area contributed by atoms with Crippen LogP contribution in [0.25, 0.3) is 0 Å². The van der Waals surface area contributed by atoms with Gasteiger partial charge in [-0.2, -0.15) is 0 Å². The van der Waals surface area contributed by atoms with Gasteiger partial charge in [-0.15, -0.1) is 0 Å². The minimum absolute atomic E-state index is 0.0494. The van der Waals surface area contributed by atoms with Crippen LogP contribution in [0.1, 0.15) is 39.4 Å². The third kappa shape index (κ3) is 2.47. The summed E-state index contributed by atoms with van der Waals surface area (Å²) in [6.07, 6.45) is 2.76. The van der Waals surface area contributed by atoms with Crippen molar-refractivity contribution in [1.29, 1.82) is 0 Å². The quantitative estimate of drug-likeness (QED) is 0.607. The van der Waals surface area contributed by atoms with E-state index in [2.05, 4.69) is 25.8 Å². The molecular formula is C14H20N2O3. The maximum Gasteiger partial charge on any atom is 0.293 e. The van der Waals surface area contributed by atoms with E-state index in [4.69, 9.17) is 4.74 Å². The molecule has 104 valence electrons. The van der Waals surface area contributed by atoms with Crippen LogP contribution in [0.4, 0.5) is 5.69 Å². The fourth-order valence-electron chi connectivity index (χ4n) is 2.81. The summed E-state index contributed by atoms with van der Waals surface area (Å²) in [5.74, 6) is 1.15. The summed E-state index contributed by atoms with van der Waals surface area (Å²) in [6, 6.07) is 1.70. The lowest BCUT2D eigenvalue weighted by Crippen LogP contribution is -2.39. The lowest BCUT2D eigenvalue weighted by atomic mass is 9.75. The Bertz CT molecular complexity index is 478. The van der Waals surface area contributed by atoms with E-state index in [0.717, 1.165) is 0 Å². The normalized spacial score (nSPS) is 35.1. The highest BCUT2D eigenvalue weighted by Crippen LogP contribution is 2.44. The van der Waals surface area contributed by atoms with Crippen molar-refractivity contribution in [2.24, 2.45) is 17.8 Å². The Balaban J connectivity index is 2.39. The molecule has 1 saturated heterocycles. The highest BCUT2D eigenvalue weighted by molar-refractivity contribution is 5.39. The standard InChI is InChI=1S/C14H20N2O3/c1-8-9(2)11(4)19-14(10(8)3)12-5-6-15-7-13(12)16(17)18/h5-11,14H,1-4H3/t8-,9-,10-,11+,14+/m0/s1. The summed E-state index contributed by atoms with van der Waals surface area (Å²) in [5, 5.41) is 11.1. The molecule has 0 bridgehead atoms. The van der Waals surface area contributed by atoms with Crippen LogP contribution in [-0.2, 0) is 4.74 Å². The summed E-state index contributed by atoms with van der Waals surface area (Å²) in [6.45, 7) is 8.49. The van der Waals surface area contributed by atoms with Crippen molar-refractivity contribution in [1.82, 2.24) is 4.98 Å². The lowest BCUT2D eigenvalue weighted by Gasteiger charge is -2.42. The van der Waals surface area contributed by atoms with Gasteiger partial charge in [0.25, 0.3) is 5.69 Å². The average molecular weight is 264 g/mol. The van der Waals surface area contributed by atoms with Crippen LogP contribution in [-0.4, -0.2) is 16.0 Å². The fourth-order valence-corrected chi connectivity index (χ4v) is 2.81. The Morgan fingerprint density at radius 1 is 1.21 bits per heavy atom. The molecule has 5 atom stereocenters.